The van der Waals surface area contributed by atoms with E-state index in [9.17, 15) is 38.1 Å². The molecule has 1 aromatic carbocycles. The van der Waals surface area contributed by atoms with Crippen LogP contribution in [0.2, 0.25) is 0 Å². The monoisotopic (exact) mass is 664 g/mol. The summed E-state index contributed by atoms with van der Waals surface area (Å²) in [5.41, 5.74) is 0.842. The third kappa shape index (κ3) is 7.27. The summed E-state index contributed by atoms with van der Waals surface area (Å²) in [6.45, 7) is 2.25. The summed E-state index contributed by atoms with van der Waals surface area (Å²) >= 11 is 0. The Morgan fingerprint density at radius 1 is 1.19 bits per heavy atom. The Hall–Kier alpha value is -4.06. The number of ether oxygens (including phenoxy) is 1. The third-order valence-corrected chi connectivity index (χ3v) is 8.75. The molecular weight excluding hydrogens is 625 g/mol. The van der Waals surface area contributed by atoms with Gasteiger partial charge in [-0.2, -0.15) is 23.1 Å². The van der Waals surface area contributed by atoms with E-state index in [1.165, 1.54) is 10.9 Å². The van der Waals surface area contributed by atoms with E-state index in [0.29, 0.717) is 18.7 Å². The largest absolute Gasteiger partial charge is 0.490 e. The summed E-state index contributed by atoms with van der Waals surface area (Å²) in [4.78, 5) is 42.1. The highest BCUT2D eigenvalue weighted by Crippen LogP contribution is 2.38. The molecule has 1 amide bonds. The topological polar surface area (TPSA) is 178 Å². The fraction of sp³-hybridized carbons (Fsp3) is 0.567. The number of carbonyl (C=O) groups is 2. The SMILES string of the molecule is CCC(=O)N[C@H]1C[C@@H](n2cnc3c(N[C@@H](CO)[C@@H](O)c4ccccc4)nc(N4CC[C@@H](N(C)C)C4)nc32)[C@H](OC(=O)C(F)(F)F)[C@@H]1O. The van der Waals surface area contributed by atoms with Crippen molar-refractivity contribution < 1.29 is 42.8 Å². The second-order valence-corrected chi connectivity index (χ2v) is 12.0. The van der Waals surface area contributed by atoms with E-state index in [4.69, 9.17) is 14.7 Å². The molecule has 3 heterocycles. The molecule has 0 unspecified atom stereocenters. The van der Waals surface area contributed by atoms with Gasteiger partial charge < -0.3 is 45.1 Å². The highest BCUT2D eigenvalue weighted by atomic mass is 19.4. The normalized spacial score (nSPS) is 24.5. The zero-order chi connectivity index (χ0) is 34.0. The fourth-order valence-electron chi connectivity index (χ4n) is 6.07. The van der Waals surface area contributed by atoms with Crippen LogP contribution in [0.5, 0.6) is 0 Å². The lowest BCUT2D eigenvalue weighted by Gasteiger charge is -2.26. The smallest absolute Gasteiger partial charge is 0.451 e. The standard InChI is InChI=1S/C30H39F3N8O6/c1-4-21(43)35-18-12-20(25(24(18)45)47-28(46)30(31,32)33)41-15-34-22-26(36-19(14-42)23(44)16-8-6-5-7-9-16)37-29(38-27(22)41)40-11-10-17(13-40)39(2)3/h5-9,15,17-20,23-25,42,44-45H,4,10-14H2,1-3H3,(H,35,43)(H,36,37,38)/t17-,18+,19+,20-,23+,24-,25+/m1/s1. The number of aliphatic hydroxyl groups is 3. The van der Waals surface area contributed by atoms with Crippen LogP contribution in [-0.4, -0.2) is 122 Å². The first kappa shape index (κ1) is 34.3. The first-order valence-corrected chi connectivity index (χ1v) is 15.3. The average molecular weight is 665 g/mol. The van der Waals surface area contributed by atoms with E-state index < -0.39 is 61.1 Å². The number of fused-ring (bicyclic) bond motifs is 1. The van der Waals surface area contributed by atoms with Gasteiger partial charge in [0.05, 0.1) is 31.1 Å². The van der Waals surface area contributed by atoms with Gasteiger partial charge >= 0.3 is 12.1 Å². The van der Waals surface area contributed by atoms with E-state index in [-0.39, 0.29) is 41.8 Å². The maximum atomic E-state index is 13.3. The van der Waals surface area contributed by atoms with Crippen molar-refractivity contribution >= 4 is 34.8 Å². The number of likely N-dealkylation sites (N-methyl/N-ethyl adjacent to an activating group) is 1. The first-order chi connectivity index (χ1) is 22.3. The number of rotatable bonds is 11. The number of hydrogen-bond donors (Lipinski definition) is 5. The van der Waals surface area contributed by atoms with Gasteiger partial charge in [-0.1, -0.05) is 37.3 Å². The number of nitrogens with zero attached hydrogens (tertiary/aromatic N) is 6. The average Bonchev–Trinajstić information content (AvgIpc) is 3.78. The van der Waals surface area contributed by atoms with Crippen molar-refractivity contribution in [1.29, 1.82) is 0 Å². The first-order valence-electron chi connectivity index (χ1n) is 15.3. The molecule has 5 rings (SSSR count). The third-order valence-electron chi connectivity index (χ3n) is 8.75. The summed E-state index contributed by atoms with van der Waals surface area (Å²) < 4.78 is 46.1. The number of aromatic nitrogens is 4. The lowest BCUT2D eigenvalue weighted by atomic mass is 10.0. The van der Waals surface area contributed by atoms with Crippen LogP contribution in [-0.2, 0) is 14.3 Å². The quantitative estimate of drug-likeness (QED) is 0.185. The number of carbonyl (C=O) groups excluding carboxylic acids is 2. The summed E-state index contributed by atoms with van der Waals surface area (Å²) in [7, 11) is 3.91. The maximum Gasteiger partial charge on any atom is 0.490 e. The minimum atomic E-state index is -5.32. The van der Waals surface area contributed by atoms with Gasteiger partial charge in [0.15, 0.2) is 23.1 Å². The van der Waals surface area contributed by atoms with Gasteiger partial charge in [0.25, 0.3) is 0 Å². The fourth-order valence-corrected chi connectivity index (χ4v) is 6.07. The van der Waals surface area contributed by atoms with Gasteiger partial charge in [-0.15, -0.1) is 0 Å². The van der Waals surface area contributed by atoms with Crippen LogP contribution in [0, 0.1) is 0 Å². The zero-order valence-corrected chi connectivity index (χ0v) is 26.1. The van der Waals surface area contributed by atoms with Crippen LogP contribution in [0.4, 0.5) is 24.9 Å². The molecular formula is C30H39F3N8O6. The number of amides is 1. The van der Waals surface area contributed by atoms with Gasteiger partial charge in [-0.3, -0.25) is 4.79 Å². The highest BCUT2D eigenvalue weighted by molar-refractivity contribution is 5.85. The molecule has 47 heavy (non-hydrogen) atoms. The van der Waals surface area contributed by atoms with E-state index in [1.54, 1.807) is 37.3 Å². The van der Waals surface area contributed by atoms with Gasteiger partial charge in [0, 0.05) is 25.6 Å². The Kier molecular flexibility index (Phi) is 10.2. The highest BCUT2D eigenvalue weighted by Gasteiger charge is 2.51. The maximum absolute atomic E-state index is 13.3. The lowest BCUT2D eigenvalue weighted by molar-refractivity contribution is -0.209. The van der Waals surface area contributed by atoms with Crippen molar-refractivity contribution in [2.75, 3.05) is 44.0 Å². The molecule has 1 saturated carbocycles. The Labute approximate surface area is 268 Å². The number of aliphatic hydroxyl groups excluding tert-OH is 3. The van der Waals surface area contributed by atoms with Crippen LogP contribution >= 0.6 is 0 Å². The van der Waals surface area contributed by atoms with E-state index >= 15 is 0 Å². The molecule has 3 aromatic rings. The summed E-state index contributed by atoms with van der Waals surface area (Å²) in [6, 6.07) is 5.81. The Morgan fingerprint density at radius 2 is 1.91 bits per heavy atom. The molecule has 0 bridgehead atoms. The van der Waals surface area contributed by atoms with Gasteiger partial charge in [0.1, 0.15) is 12.2 Å². The molecule has 0 radical (unpaired) electrons. The Bertz CT molecular complexity index is 1560. The summed E-state index contributed by atoms with van der Waals surface area (Å²) in [5.74, 6) is -2.53. The van der Waals surface area contributed by atoms with Crippen molar-refractivity contribution in [3.05, 3.63) is 42.2 Å². The molecule has 256 valence electrons. The van der Waals surface area contributed by atoms with Gasteiger partial charge in [-0.25, -0.2) is 9.78 Å². The van der Waals surface area contributed by atoms with Crippen molar-refractivity contribution in [1.82, 2.24) is 29.7 Å². The number of imidazole rings is 1. The van der Waals surface area contributed by atoms with E-state index in [0.717, 1.165) is 6.42 Å². The Balaban J connectivity index is 1.58. The number of esters is 1. The predicted octanol–water partition coefficient (Wildman–Crippen LogP) is 1.15. The summed E-state index contributed by atoms with van der Waals surface area (Å²) in [5, 5.41) is 38.1. The van der Waals surface area contributed by atoms with Crippen LogP contribution in [0.25, 0.3) is 11.2 Å². The van der Waals surface area contributed by atoms with Gasteiger partial charge in [-0.05, 0) is 32.5 Å². The van der Waals surface area contributed by atoms with Crippen LogP contribution < -0.4 is 15.5 Å². The predicted molar refractivity (Wildman–Crippen MR) is 163 cm³/mol. The molecule has 1 saturated heterocycles. The molecule has 1 aliphatic heterocycles. The molecule has 5 N–H and O–H groups in total. The molecule has 0 spiro atoms. The minimum absolute atomic E-state index is 0.0607. The number of nitrogens with one attached hydrogen (secondary N) is 2. The second-order valence-electron chi connectivity index (χ2n) is 12.0. The van der Waals surface area contributed by atoms with Crippen LogP contribution in [0.1, 0.15) is 43.9 Å². The van der Waals surface area contributed by atoms with E-state index in [2.05, 4.69) is 20.5 Å². The number of anilines is 2. The molecule has 1 aliphatic carbocycles. The van der Waals surface area contributed by atoms with Crippen molar-refractivity contribution in [3.63, 3.8) is 0 Å². The number of benzene rings is 1. The lowest BCUT2D eigenvalue weighted by Crippen LogP contribution is -2.45. The Morgan fingerprint density at radius 3 is 2.53 bits per heavy atom. The molecule has 14 nitrogen and oxygen atoms in total. The molecule has 2 aliphatic rings. The summed E-state index contributed by atoms with van der Waals surface area (Å²) in [6.07, 6.45) is -7.80. The molecule has 2 fully saturated rings. The number of hydrogen-bond acceptors (Lipinski definition) is 12. The van der Waals surface area contributed by atoms with Crippen molar-refractivity contribution in [2.45, 2.75) is 74.8 Å². The number of halogens is 3. The van der Waals surface area contributed by atoms with E-state index in [1.807, 2.05) is 19.0 Å². The van der Waals surface area contributed by atoms with Crippen molar-refractivity contribution in [2.24, 2.45) is 0 Å². The van der Waals surface area contributed by atoms with Crippen molar-refractivity contribution in [3.8, 4) is 0 Å². The van der Waals surface area contributed by atoms with Crippen LogP contribution in [0.15, 0.2) is 36.7 Å². The molecule has 2 aromatic heterocycles. The molecule has 17 heteroatoms. The zero-order valence-electron chi connectivity index (χ0n) is 26.1. The molecule has 7 atom stereocenters. The minimum Gasteiger partial charge on any atom is -0.451 e. The van der Waals surface area contributed by atoms with Crippen LogP contribution in [0.3, 0.4) is 0 Å². The number of alkyl halides is 3. The second kappa shape index (κ2) is 14.0. The van der Waals surface area contributed by atoms with Gasteiger partial charge in [0.2, 0.25) is 11.9 Å².